The van der Waals surface area contributed by atoms with Crippen molar-refractivity contribution in [1.29, 1.82) is 0 Å². The van der Waals surface area contributed by atoms with Gasteiger partial charge in [0.2, 0.25) is 0 Å². The second kappa shape index (κ2) is 8.76. The molecule has 0 radical (unpaired) electrons. The number of thiazole rings is 2. The number of fused-ring (bicyclic) bond motifs is 1. The van der Waals surface area contributed by atoms with Gasteiger partial charge < -0.3 is 16.0 Å². The first kappa shape index (κ1) is 20.2. The number of anilines is 3. The molecule has 0 aliphatic rings. The summed E-state index contributed by atoms with van der Waals surface area (Å²) < 4.78 is 1.12. The van der Waals surface area contributed by atoms with Gasteiger partial charge in [-0.25, -0.2) is 15.0 Å². The van der Waals surface area contributed by atoms with Gasteiger partial charge in [-0.1, -0.05) is 0 Å². The zero-order valence-corrected chi connectivity index (χ0v) is 18.5. The Morgan fingerprint density at radius 1 is 1.17 bits per heavy atom. The molecule has 0 spiro atoms. The Hall–Kier alpha value is -3.04. The van der Waals surface area contributed by atoms with Gasteiger partial charge in [0.1, 0.15) is 16.5 Å². The van der Waals surface area contributed by atoms with Crippen LogP contribution >= 0.6 is 22.7 Å². The van der Waals surface area contributed by atoms with Gasteiger partial charge in [0.05, 0.1) is 21.3 Å². The van der Waals surface area contributed by atoms with Crippen molar-refractivity contribution in [3.05, 3.63) is 47.0 Å². The van der Waals surface area contributed by atoms with Crippen LogP contribution in [0.15, 0.2) is 41.4 Å². The van der Waals surface area contributed by atoms with E-state index in [4.69, 9.17) is 0 Å². The van der Waals surface area contributed by atoms with Crippen LogP contribution in [0.3, 0.4) is 0 Å². The van der Waals surface area contributed by atoms with E-state index >= 15 is 0 Å². The minimum absolute atomic E-state index is 0.164. The van der Waals surface area contributed by atoms with Gasteiger partial charge in [-0.3, -0.25) is 4.79 Å². The minimum atomic E-state index is -0.164. The second-order valence-electron chi connectivity index (χ2n) is 6.97. The average molecular weight is 439 g/mol. The SMILES string of the molecule is CCNC(=O)c1csc(-c2cnc(Nc3ccc4ncsc4c3)cc2NC(C)C)n1. The molecule has 3 N–H and O–H groups in total. The van der Waals surface area contributed by atoms with E-state index in [2.05, 4.69) is 50.8 Å². The molecule has 0 fully saturated rings. The van der Waals surface area contributed by atoms with Gasteiger partial charge in [0, 0.05) is 41.6 Å². The molecule has 0 aliphatic carbocycles. The maximum Gasteiger partial charge on any atom is 0.270 e. The molecule has 4 aromatic rings. The number of carbonyl (C=O) groups excluding carboxylic acids is 1. The van der Waals surface area contributed by atoms with Crippen molar-refractivity contribution in [2.75, 3.05) is 17.2 Å². The Kier molecular flexibility index (Phi) is 5.91. The number of nitrogens with zero attached hydrogens (tertiary/aromatic N) is 3. The number of aromatic nitrogens is 3. The summed E-state index contributed by atoms with van der Waals surface area (Å²) in [7, 11) is 0. The molecule has 9 heteroatoms. The van der Waals surface area contributed by atoms with E-state index in [-0.39, 0.29) is 11.9 Å². The van der Waals surface area contributed by atoms with Crippen molar-refractivity contribution in [3.8, 4) is 10.6 Å². The molecular weight excluding hydrogens is 416 g/mol. The van der Waals surface area contributed by atoms with Crippen molar-refractivity contribution in [2.24, 2.45) is 0 Å². The van der Waals surface area contributed by atoms with E-state index in [9.17, 15) is 4.79 Å². The number of rotatable bonds is 7. The van der Waals surface area contributed by atoms with Crippen LogP contribution in [-0.2, 0) is 0 Å². The molecule has 30 heavy (non-hydrogen) atoms. The number of benzene rings is 1. The van der Waals surface area contributed by atoms with E-state index in [1.807, 2.05) is 30.6 Å². The highest BCUT2D eigenvalue weighted by Crippen LogP contribution is 2.33. The van der Waals surface area contributed by atoms with Gasteiger partial charge in [-0.15, -0.1) is 22.7 Å². The fraction of sp³-hybridized carbons (Fsp3) is 0.238. The lowest BCUT2D eigenvalue weighted by Crippen LogP contribution is -2.22. The third-order valence-corrected chi connectivity index (χ3v) is 5.92. The molecular formula is C21H22N6OS2. The smallest absolute Gasteiger partial charge is 0.270 e. The summed E-state index contributed by atoms with van der Waals surface area (Å²) in [4.78, 5) is 25.5. The summed E-state index contributed by atoms with van der Waals surface area (Å²) in [5, 5.41) is 12.1. The third-order valence-electron chi connectivity index (χ3n) is 4.26. The predicted molar refractivity (Wildman–Crippen MR) is 125 cm³/mol. The van der Waals surface area contributed by atoms with Crippen LogP contribution in [0.4, 0.5) is 17.2 Å². The average Bonchev–Trinajstić information content (AvgIpc) is 3.37. The lowest BCUT2D eigenvalue weighted by Gasteiger charge is -2.15. The minimum Gasteiger partial charge on any atom is -0.382 e. The Balaban J connectivity index is 1.64. The summed E-state index contributed by atoms with van der Waals surface area (Å²) in [5.74, 6) is 0.564. The first-order valence-electron chi connectivity index (χ1n) is 9.64. The van der Waals surface area contributed by atoms with Crippen LogP contribution in [0.25, 0.3) is 20.8 Å². The van der Waals surface area contributed by atoms with Crippen LogP contribution in [0.1, 0.15) is 31.3 Å². The first-order chi connectivity index (χ1) is 14.5. The van der Waals surface area contributed by atoms with Crippen LogP contribution in [0, 0.1) is 0 Å². The van der Waals surface area contributed by atoms with E-state index in [1.54, 1.807) is 22.9 Å². The number of pyridine rings is 1. The number of carbonyl (C=O) groups is 1. The molecule has 1 aromatic carbocycles. The highest BCUT2D eigenvalue weighted by molar-refractivity contribution is 7.16. The zero-order chi connectivity index (χ0) is 21.1. The molecule has 0 saturated heterocycles. The summed E-state index contributed by atoms with van der Waals surface area (Å²) in [6, 6.07) is 8.26. The maximum absolute atomic E-state index is 12.1. The molecule has 0 atom stereocenters. The van der Waals surface area contributed by atoms with Crippen molar-refractivity contribution in [1.82, 2.24) is 20.3 Å². The van der Waals surface area contributed by atoms with E-state index in [0.717, 1.165) is 38.0 Å². The zero-order valence-electron chi connectivity index (χ0n) is 16.9. The quantitative estimate of drug-likeness (QED) is 0.371. The standard InChI is InChI=1S/C21H22N6OS2/c1-4-22-20(28)17-10-29-21(27-17)14-9-23-19(8-16(14)25-12(2)3)26-13-5-6-15-18(7-13)30-11-24-15/h5-12H,4H2,1-3H3,(H,22,28)(H2,23,25,26). The van der Waals surface area contributed by atoms with Crippen molar-refractivity contribution >= 4 is 56.0 Å². The molecule has 154 valence electrons. The molecule has 1 amide bonds. The lowest BCUT2D eigenvalue weighted by molar-refractivity contribution is 0.0951. The van der Waals surface area contributed by atoms with Crippen LogP contribution in [0.2, 0.25) is 0 Å². The monoisotopic (exact) mass is 438 g/mol. The summed E-state index contributed by atoms with van der Waals surface area (Å²) >= 11 is 3.04. The van der Waals surface area contributed by atoms with E-state index < -0.39 is 0 Å². The number of nitrogens with one attached hydrogen (secondary N) is 3. The van der Waals surface area contributed by atoms with Crippen LogP contribution in [-0.4, -0.2) is 33.4 Å². The molecule has 0 unspecified atom stereocenters. The van der Waals surface area contributed by atoms with Gasteiger partial charge in [0.15, 0.2) is 0 Å². The number of hydrogen-bond donors (Lipinski definition) is 3. The Bertz CT molecular complexity index is 1180. The fourth-order valence-corrected chi connectivity index (χ4v) is 4.50. The Morgan fingerprint density at radius 3 is 2.83 bits per heavy atom. The first-order valence-corrected chi connectivity index (χ1v) is 11.4. The largest absolute Gasteiger partial charge is 0.382 e. The van der Waals surface area contributed by atoms with Gasteiger partial charge in [0.25, 0.3) is 5.91 Å². The summed E-state index contributed by atoms with van der Waals surface area (Å²) in [6.07, 6.45) is 1.79. The third kappa shape index (κ3) is 4.42. The molecule has 0 aliphatic heterocycles. The van der Waals surface area contributed by atoms with Crippen LogP contribution < -0.4 is 16.0 Å². The van der Waals surface area contributed by atoms with E-state index in [0.29, 0.717) is 12.2 Å². The maximum atomic E-state index is 12.1. The normalized spacial score (nSPS) is 11.1. The van der Waals surface area contributed by atoms with E-state index in [1.165, 1.54) is 11.3 Å². The molecule has 3 heterocycles. The molecule has 0 bridgehead atoms. The molecule has 4 rings (SSSR count). The highest BCUT2D eigenvalue weighted by Gasteiger charge is 2.15. The molecule has 7 nitrogen and oxygen atoms in total. The molecule has 3 aromatic heterocycles. The van der Waals surface area contributed by atoms with Crippen molar-refractivity contribution in [2.45, 2.75) is 26.8 Å². The second-order valence-corrected chi connectivity index (χ2v) is 8.72. The highest BCUT2D eigenvalue weighted by atomic mass is 32.1. The lowest BCUT2D eigenvalue weighted by atomic mass is 10.2. The topological polar surface area (TPSA) is 91.8 Å². The fourth-order valence-electron chi connectivity index (χ4n) is 2.96. The van der Waals surface area contributed by atoms with Crippen molar-refractivity contribution in [3.63, 3.8) is 0 Å². The van der Waals surface area contributed by atoms with Crippen molar-refractivity contribution < 1.29 is 4.79 Å². The Morgan fingerprint density at radius 2 is 2.03 bits per heavy atom. The van der Waals surface area contributed by atoms with Crippen LogP contribution in [0.5, 0.6) is 0 Å². The van der Waals surface area contributed by atoms with Gasteiger partial charge >= 0.3 is 0 Å². The Labute approximate surface area is 182 Å². The summed E-state index contributed by atoms with van der Waals surface area (Å²) in [5.41, 5.74) is 5.99. The summed E-state index contributed by atoms with van der Waals surface area (Å²) in [6.45, 7) is 6.62. The van der Waals surface area contributed by atoms with Gasteiger partial charge in [-0.05, 0) is 39.0 Å². The molecule has 0 saturated carbocycles. The predicted octanol–water partition coefficient (Wildman–Crippen LogP) is 5.13. The number of amides is 1. The van der Waals surface area contributed by atoms with Gasteiger partial charge in [-0.2, -0.15) is 0 Å². The number of hydrogen-bond acceptors (Lipinski definition) is 8.